The van der Waals surface area contributed by atoms with Gasteiger partial charge in [0, 0.05) is 30.1 Å². The monoisotopic (exact) mass is 421 g/mol. The number of benzene rings is 1. The predicted molar refractivity (Wildman–Crippen MR) is 119 cm³/mol. The second-order valence-corrected chi connectivity index (χ2v) is 7.78. The van der Waals surface area contributed by atoms with E-state index < -0.39 is 5.97 Å². The van der Waals surface area contributed by atoms with E-state index in [2.05, 4.69) is 0 Å². The van der Waals surface area contributed by atoms with Gasteiger partial charge in [0.25, 0.3) is 5.56 Å². The molecule has 0 atom stereocenters. The molecule has 1 aromatic carbocycles. The zero-order valence-corrected chi connectivity index (χ0v) is 18.7. The van der Waals surface area contributed by atoms with Crippen LogP contribution in [0.4, 0.5) is 0 Å². The van der Waals surface area contributed by atoms with Gasteiger partial charge in [-0.1, -0.05) is 23.8 Å². The number of nitrogens with zero attached hydrogens (tertiary/aromatic N) is 3. The van der Waals surface area contributed by atoms with Crippen LogP contribution in [0, 0.1) is 20.8 Å². The maximum atomic E-state index is 13.4. The lowest BCUT2D eigenvalue weighted by atomic mass is 10.1. The summed E-state index contributed by atoms with van der Waals surface area (Å²) in [7, 11) is 1.83. The van der Waals surface area contributed by atoms with Crippen LogP contribution in [0.2, 0.25) is 0 Å². The number of hydrogen-bond donors (Lipinski definition) is 0. The second kappa shape index (κ2) is 8.63. The molecule has 0 aliphatic carbocycles. The van der Waals surface area contributed by atoms with Crippen LogP contribution in [0.15, 0.2) is 52.8 Å². The molecule has 3 rings (SSSR count). The molecule has 31 heavy (non-hydrogen) atoms. The average Bonchev–Trinajstić information content (AvgIpc) is 3.12. The molecule has 3 aromatic rings. The first-order chi connectivity index (χ1) is 14.6. The smallest absolute Gasteiger partial charge is 0.331 e. The minimum absolute atomic E-state index is 0.179. The molecule has 0 bridgehead atoms. The fourth-order valence-electron chi connectivity index (χ4n) is 3.69. The van der Waals surface area contributed by atoms with Crippen molar-refractivity contribution in [1.29, 1.82) is 0 Å². The van der Waals surface area contributed by atoms with Crippen molar-refractivity contribution < 1.29 is 14.3 Å². The molecule has 0 saturated carbocycles. The Labute approximate surface area is 181 Å². The van der Waals surface area contributed by atoms with Gasteiger partial charge in [0.1, 0.15) is 5.69 Å². The molecule has 0 saturated heterocycles. The zero-order valence-electron chi connectivity index (χ0n) is 18.7. The van der Waals surface area contributed by atoms with E-state index in [1.165, 1.54) is 6.08 Å². The second-order valence-electron chi connectivity index (χ2n) is 7.78. The van der Waals surface area contributed by atoms with Crippen molar-refractivity contribution in [3.8, 4) is 11.4 Å². The van der Waals surface area contributed by atoms with E-state index in [1.807, 2.05) is 51.2 Å². The lowest BCUT2D eigenvalue weighted by Gasteiger charge is -2.08. The minimum Gasteiger partial charge on any atom is -0.454 e. The number of allylic oxidation sites excluding steroid dienone is 1. The fourth-order valence-corrected chi connectivity index (χ4v) is 3.69. The number of esters is 1. The highest BCUT2D eigenvalue weighted by molar-refractivity contribution is 6.00. The zero-order chi connectivity index (χ0) is 22.9. The molecule has 162 valence electrons. The Morgan fingerprint density at radius 3 is 2.29 bits per heavy atom. The fraction of sp³-hybridized carbons (Fsp3) is 0.292. The highest BCUT2D eigenvalue weighted by atomic mass is 16.5. The largest absolute Gasteiger partial charge is 0.454 e. The molecule has 0 aliphatic heterocycles. The van der Waals surface area contributed by atoms with Crippen molar-refractivity contribution in [3.63, 3.8) is 0 Å². The van der Waals surface area contributed by atoms with Crippen LogP contribution in [-0.2, 0) is 16.6 Å². The number of Topliss-reactive ketones (excluding diaryl/α,β-unsaturated/α-hetero) is 1. The van der Waals surface area contributed by atoms with E-state index in [9.17, 15) is 14.4 Å². The molecule has 0 spiro atoms. The van der Waals surface area contributed by atoms with Crippen molar-refractivity contribution in [2.24, 2.45) is 7.05 Å². The number of carbonyl (C=O) groups is 2. The van der Waals surface area contributed by atoms with Crippen LogP contribution in [0.3, 0.4) is 0 Å². The van der Waals surface area contributed by atoms with Gasteiger partial charge in [0.05, 0.1) is 11.4 Å². The van der Waals surface area contributed by atoms with Gasteiger partial charge < -0.3 is 9.30 Å². The Hall–Kier alpha value is -3.61. The first-order valence-corrected chi connectivity index (χ1v) is 10.0. The van der Waals surface area contributed by atoms with Crippen LogP contribution in [0.25, 0.3) is 11.4 Å². The third-order valence-electron chi connectivity index (χ3n) is 5.23. The van der Waals surface area contributed by atoms with Gasteiger partial charge in [-0.05, 0) is 52.8 Å². The van der Waals surface area contributed by atoms with Gasteiger partial charge in [-0.2, -0.15) is 0 Å². The van der Waals surface area contributed by atoms with E-state index in [0.29, 0.717) is 16.9 Å². The number of ketones is 1. The number of hydrogen-bond acceptors (Lipinski definition) is 4. The number of rotatable bonds is 6. The SMILES string of the molecule is CC(C)=CC(=O)OCC(=O)c1cc(C)n(-c2c(C)n(C)n(-c3ccccc3)c2=O)c1C. The van der Waals surface area contributed by atoms with Crippen molar-refractivity contribution >= 4 is 11.8 Å². The molecule has 7 nitrogen and oxygen atoms in total. The molecule has 0 fully saturated rings. The Balaban J connectivity index is 2.02. The summed E-state index contributed by atoms with van der Waals surface area (Å²) in [5.41, 5.74) is 4.44. The van der Waals surface area contributed by atoms with Crippen LogP contribution < -0.4 is 5.56 Å². The van der Waals surface area contributed by atoms with Crippen LogP contribution in [0.1, 0.15) is 41.3 Å². The van der Waals surface area contributed by atoms with Gasteiger partial charge in [-0.15, -0.1) is 0 Å². The van der Waals surface area contributed by atoms with Crippen molar-refractivity contribution in [2.45, 2.75) is 34.6 Å². The quantitative estimate of drug-likeness (QED) is 0.346. The van der Waals surface area contributed by atoms with Gasteiger partial charge in [0.15, 0.2) is 6.61 Å². The Bertz CT molecular complexity index is 1240. The first kappa shape index (κ1) is 22.1. The van der Waals surface area contributed by atoms with Gasteiger partial charge >= 0.3 is 5.97 Å². The molecule has 0 aliphatic rings. The van der Waals surface area contributed by atoms with E-state index in [-0.39, 0.29) is 17.9 Å². The van der Waals surface area contributed by atoms with Gasteiger partial charge in [0.2, 0.25) is 5.78 Å². The molecule has 7 heteroatoms. The summed E-state index contributed by atoms with van der Waals surface area (Å²) in [6.45, 7) is 8.71. The van der Waals surface area contributed by atoms with Crippen LogP contribution in [-0.4, -0.2) is 32.3 Å². The number of aromatic nitrogens is 3. The molecule has 0 radical (unpaired) electrons. The molecular weight excluding hydrogens is 394 g/mol. The molecule has 2 aromatic heterocycles. The molecule has 2 heterocycles. The van der Waals surface area contributed by atoms with E-state index in [4.69, 9.17) is 4.74 Å². The minimum atomic E-state index is -0.549. The Morgan fingerprint density at radius 2 is 1.68 bits per heavy atom. The Morgan fingerprint density at radius 1 is 1.03 bits per heavy atom. The molecule has 0 amide bonds. The summed E-state index contributed by atoms with van der Waals surface area (Å²) in [4.78, 5) is 37.8. The van der Waals surface area contributed by atoms with Crippen LogP contribution >= 0.6 is 0 Å². The number of para-hydroxylation sites is 1. The third-order valence-corrected chi connectivity index (χ3v) is 5.23. The lowest BCUT2D eigenvalue weighted by Crippen LogP contribution is -2.22. The maximum Gasteiger partial charge on any atom is 0.331 e. The maximum absolute atomic E-state index is 13.4. The number of ether oxygens (including phenoxy) is 1. The van der Waals surface area contributed by atoms with Crippen molar-refractivity contribution in [1.82, 2.24) is 13.9 Å². The van der Waals surface area contributed by atoms with Crippen LogP contribution in [0.5, 0.6) is 0 Å². The predicted octanol–water partition coefficient (Wildman–Crippen LogP) is 3.58. The highest BCUT2D eigenvalue weighted by Crippen LogP contribution is 2.23. The van der Waals surface area contributed by atoms with E-state index in [1.54, 1.807) is 40.8 Å². The lowest BCUT2D eigenvalue weighted by molar-refractivity contribution is -0.136. The summed E-state index contributed by atoms with van der Waals surface area (Å²) in [6.07, 6.45) is 1.34. The summed E-state index contributed by atoms with van der Waals surface area (Å²) >= 11 is 0. The van der Waals surface area contributed by atoms with Gasteiger partial charge in [-0.25, -0.2) is 9.48 Å². The first-order valence-electron chi connectivity index (χ1n) is 10.0. The average molecular weight is 421 g/mol. The number of carbonyl (C=O) groups excluding carboxylic acids is 2. The van der Waals surface area contributed by atoms with E-state index in [0.717, 1.165) is 22.6 Å². The summed E-state index contributed by atoms with van der Waals surface area (Å²) in [6, 6.07) is 11.1. The van der Waals surface area contributed by atoms with Crippen molar-refractivity contribution in [3.05, 3.63) is 81.0 Å². The standard InChI is InChI=1S/C24H27N3O4/c1-15(2)12-22(29)31-14-21(28)20-13-16(3)26(17(20)4)23-18(5)25(6)27(24(23)30)19-10-8-7-9-11-19/h7-13H,14H2,1-6H3. The van der Waals surface area contributed by atoms with Gasteiger partial charge in [-0.3, -0.25) is 14.3 Å². The highest BCUT2D eigenvalue weighted by Gasteiger charge is 2.24. The van der Waals surface area contributed by atoms with Crippen molar-refractivity contribution in [2.75, 3.05) is 6.61 Å². The van der Waals surface area contributed by atoms with E-state index >= 15 is 0 Å². The molecular formula is C24H27N3O4. The third kappa shape index (κ3) is 4.17. The topological polar surface area (TPSA) is 75.2 Å². The normalized spacial score (nSPS) is 10.8. The molecule has 0 unspecified atom stereocenters. The summed E-state index contributed by atoms with van der Waals surface area (Å²) < 4.78 is 10.3. The molecule has 0 N–H and O–H groups in total. The number of aryl methyl sites for hydroxylation is 1. The summed E-state index contributed by atoms with van der Waals surface area (Å²) in [5, 5.41) is 0. The Kier molecular flexibility index (Phi) is 6.15. The summed E-state index contributed by atoms with van der Waals surface area (Å²) in [5.74, 6) is -0.862.